The minimum atomic E-state index is 0.712. The minimum absolute atomic E-state index is 0.712. The molecule has 0 unspecified atom stereocenters. The molecule has 1 aliphatic rings. The summed E-state index contributed by atoms with van der Waals surface area (Å²) in [6, 6.07) is 7.30. The molecule has 1 fully saturated rings. The van der Waals surface area contributed by atoms with Gasteiger partial charge in [-0.1, -0.05) is 6.92 Å². The predicted octanol–water partition coefficient (Wildman–Crippen LogP) is 3.81. The second kappa shape index (κ2) is 4.09. The Bertz CT molecular complexity index is 329. The summed E-state index contributed by atoms with van der Waals surface area (Å²) in [6.07, 6.45) is 2.65. The molecule has 0 atom stereocenters. The van der Waals surface area contributed by atoms with E-state index in [0.717, 1.165) is 5.92 Å². The van der Waals surface area contributed by atoms with Crippen LogP contribution in [0.1, 0.15) is 25.3 Å². The number of halogens is 1. The van der Waals surface area contributed by atoms with Gasteiger partial charge >= 0.3 is 0 Å². The Labute approximate surface area is 99.4 Å². The van der Waals surface area contributed by atoms with E-state index in [4.69, 9.17) is 0 Å². The lowest BCUT2D eigenvalue weighted by Gasteiger charge is -2.34. The average molecular weight is 301 g/mol. The van der Waals surface area contributed by atoms with Gasteiger partial charge in [0, 0.05) is 15.3 Å². The molecule has 1 aromatic rings. The van der Waals surface area contributed by atoms with Gasteiger partial charge in [-0.25, -0.2) is 0 Å². The van der Waals surface area contributed by atoms with Crippen molar-refractivity contribution in [2.75, 3.05) is 5.32 Å². The number of anilines is 1. The van der Waals surface area contributed by atoms with Crippen molar-refractivity contribution in [3.05, 3.63) is 27.3 Å². The predicted molar refractivity (Wildman–Crippen MR) is 69.7 cm³/mol. The summed E-state index contributed by atoms with van der Waals surface area (Å²) in [4.78, 5) is 0. The van der Waals surface area contributed by atoms with Gasteiger partial charge in [-0.05, 0) is 72.0 Å². The standard InChI is InChI=1S/C12H16IN/c1-8-5-11(6-8)14-12-4-3-10(13)7-9(12)2/h3-4,7-8,11,14H,5-6H2,1-2H3. The Balaban J connectivity index is 2.02. The molecule has 2 heteroatoms. The van der Waals surface area contributed by atoms with Crippen molar-refractivity contribution in [2.45, 2.75) is 32.7 Å². The van der Waals surface area contributed by atoms with Crippen LogP contribution in [0, 0.1) is 16.4 Å². The number of rotatable bonds is 2. The van der Waals surface area contributed by atoms with Gasteiger partial charge in [0.15, 0.2) is 0 Å². The molecule has 1 aromatic carbocycles. The highest BCUT2D eigenvalue weighted by Crippen LogP contribution is 2.30. The molecule has 0 spiro atoms. The molecule has 0 amide bonds. The Morgan fingerprint density at radius 1 is 1.36 bits per heavy atom. The first-order valence-corrected chi connectivity index (χ1v) is 6.25. The lowest BCUT2D eigenvalue weighted by atomic mass is 9.82. The SMILES string of the molecule is Cc1cc(I)ccc1NC1CC(C)C1. The van der Waals surface area contributed by atoms with Crippen molar-refractivity contribution in [1.29, 1.82) is 0 Å². The number of hydrogen-bond donors (Lipinski definition) is 1. The summed E-state index contributed by atoms with van der Waals surface area (Å²) in [5.41, 5.74) is 2.67. The zero-order chi connectivity index (χ0) is 10.1. The van der Waals surface area contributed by atoms with Crippen LogP contribution in [0.3, 0.4) is 0 Å². The highest BCUT2D eigenvalue weighted by atomic mass is 127. The minimum Gasteiger partial charge on any atom is -0.382 e. The van der Waals surface area contributed by atoms with Gasteiger partial charge in [-0.15, -0.1) is 0 Å². The third-order valence-electron chi connectivity index (χ3n) is 2.92. The molecule has 0 bridgehead atoms. The van der Waals surface area contributed by atoms with Crippen molar-refractivity contribution < 1.29 is 0 Å². The Morgan fingerprint density at radius 3 is 2.64 bits per heavy atom. The van der Waals surface area contributed by atoms with Crippen molar-refractivity contribution in [1.82, 2.24) is 0 Å². The molecule has 0 aromatic heterocycles. The lowest BCUT2D eigenvalue weighted by molar-refractivity contribution is 0.309. The van der Waals surface area contributed by atoms with E-state index in [1.54, 1.807) is 0 Å². The molecule has 0 heterocycles. The first kappa shape index (κ1) is 10.3. The zero-order valence-corrected chi connectivity index (χ0v) is 10.8. The van der Waals surface area contributed by atoms with E-state index in [0.29, 0.717) is 6.04 Å². The van der Waals surface area contributed by atoms with Gasteiger partial charge < -0.3 is 5.32 Å². The maximum Gasteiger partial charge on any atom is 0.0372 e. The molecule has 1 saturated carbocycles. The van der Waals surface area contributed by atoms with Gasteiger partial charge in [0.05, 0.1) is 0 Å². The zero-order valence-electron chi connectivity index (χ0n) is 8.68. The summed E-state index contributed by atoms with van der Waals surface area (Å²) in [5, 5.41) is 3.60. The number of benzene rings is 1. The Kier molecular flexibility index (Phi) is 3.00. The fourth-order valence-electron chi connectivity index (χ4n) is 2.03. The molecule has 0 radical (unpaired) electrons. The van der Waals surface area contributed by atoms with Crippen LogP contribution < -0.4 is 5.32 Å². The van der Waals surface area contributed by atoms with E-state index < -0.39 is 0 Å². The first-order valence-electron chi connectivity index (χ1n) is 5.18. The molecule has 1 N–H and O–H groups in total. The maximum absolute atomic E-state index is 3.60. The maximum atomic E-state index is 3.60. The van der Waals surface area contributed by atoms with Gasteiger partial charge in [0.2, 0.25) is 0 Å². The number of hydrogen-bond acceptors (Lipinski definition) is 1. The molecule has 2 rings (SSSR count). The molecule has 76 valence electrons. The van der Waals surface area contributed by atoms with Crippen LogP contribution in [-0.4, -0.2) is 6.04 Å². The van der Waals surface area contributed by atoms with Gasteiger partial charge in [0.1, 0.15) is 0 Å². The number of aryl methyl sites for hydroxylation is 1. The molecule has 0 saturated heterocycles. The third kappa shape index (κ3) is 2.22. The van der Waals surface area contributed by atoms with Crippen molar-refractivity contribution in [3.63, 3.8) is 0 Å². The van der Waals surface area contributed by atoms with Crippen LogP contribution in [0.4, 0.5) is 5.69 Å². The fraction of sp³-hybridized carbons (Fsp3) is 0.500. The van der Waals surface area contributed by atoms with Gasteiger partial charge in [-0.2, -0.15) is 0 Å². The van der Waals surface area contributed by atoms with E-state index in [9.17, 15) is 0 Å². The molecular formula is C12H16IN. The van der Waals surface area contributed by atoms with Crippen molar-refractivity contribution in [2.24, 2.45) is 5.92 Å². The third-order valence-corrected chi connectivity index (χ3v) is 3.59. The number of nitrogens with one attached hydrogen (secondary N) is 1. The summed E-state index contributed by atoms with van der Waals surface area (Å²) in [5.74, 6) is 0.914. The topological polar surface area (TPSA) is 12.0 Å². The second-order valence-corrected chi connectivity index (χ2v) is 5.62. The van der Waals surface area contributed by atoms with E-state index >= 15 is 0 Å². The van der Waals surface area contributed by atoms with Crippen LogP contribution in [0.2, 0.25) is 0 Å². The second-order valence-electron chi connectivity index (χ2n) is 4.38. The summed E-state index contributed by atoms with van der Waals surface area (Å²) >= 11 is 2.35. The molecule has 0 aliphatic heterocycles. The van der Waals surface area contributed by atoms with E-state index in [1.807, 2.05) is 0 Å². The molecule has 1 aliphatic carbocycles. The Morgan fingerprint density at radius 2 is 2.07 bits per heavy atom. The van der Waals surface area contributed by atoms with E-state index in [2.05, 4.69) is 60.0 Å². The van der Waals surface area contributed by atoms with Crippen LogP contribution in [0.15, 0.2) is 18.2 Å². The largest absolute Gasteiger partial charge is 0.382 e. The normalized spacial score (nSPS) is 25.6. The van der Waals surface area contributed by atoms with Gasteiger partial charge in [0.25, 0.3) is 0 Å². The average Bonchev–Trinajstić information content (AvgIpc) is 2.06. The van der Waals surface area contributed by atoms with Crippen LogP contribution in [-0.2, 0) is 0 Å². The summed E-state index contributed by atoms with van der Waals surface area (Å²) in [7, 11) is 0. The highest BCUT2D eigenvalue weighted by molar-refractivity contribution is 14.1. The monoisotopic (exact) mass is 301 g/mol. The highest BCUT2D eigenvalue weighted by Gasteiger charge is 2.25. The Hall–Kier alpha value is -0.250. The van der Waals surface area contributed by atoms with Crippen molar-refractivity contribution >= 4 is 28.3 Å². The van der Waals surface area contributed by atoms with Gasteiger partial charge in [-0.3, -0.25) is 0 Å². The van der Waals surface area contributed by atoms with Crippen molar-refractivity contribution in [3.8, 4) is 0 Å². The van der Waals surface area contributed by atoms with Crippen LogP contribution >= 0.6 is 22.6 Å². The smallest absolute Gasteiger partial charge is 0.0372 e. The van der Waals surface area contributed by atoms with E-state index in [-0.39, 0.29) is 0 Å². The summed E-state index contributed by atoms with van der Waals surface area (Å²) in [6.45, 7) is 4.49. The molecule has 14 heavy (non-hydrogen) atoms. The lowest BCUT2D eigenvalue weighted by Crippen LogP contribution is -2.33. The molecule has 1 nitrogen and oxygen atoms in total. The molecular weight excluding hydrogens is 285 g/mol. The first-order chi connectivity index (χ1) is 6.65. The van der Waals surface area contributed by atoms with Crippen LogP contribution in [0.5, 0.6) is 0 Å². The van der Waals surface area contributed by atoms with Crippen LogP contribution in [0.25, 0.3) is 0 Å². The van der Waals surface area contributed by atoms with E-state index in [1.165, 1.54) is 27.7 Å². The summed E-state index contributed by atoms with van der Waals surface area (Å²) < 4.78 is 1.31. The fourth-order valence-corrected chi connectivity index (χ4v) is 2.68. The quantitative estimate of drug-likeness (QED) is 0.819.